The molecule has 2 aliphatic heterocycles. The summed E-state index contributed by atoms with van der Waals surface area (Å²) in [4.78, 5) is 25.8. The lowest BCUT2D eigenvalue weighted by atomic mass is 9.99. The molecule has 2 aromatic carbocycles. The third-order valence-electron chi connectivity index (χ3n) is 6.05. The monoisotopic (exact) mass is 425 g/mol. The van der Waals surface area contributed by atoms with Crippen molar-refractivity contribution >= 4 is 22.7 Å². The number of hydrogen-bond acceptors (Lipinski definition) is 4. The highest BCUT2D eigenvalue weighted by Gasteiger charge is 2.33. The minimum Gasteiger partial charge on any atom is -0.443 e. The maximum absolute atomic E-state index is 14.6. The summed E-state index contributed by atoms with van der Waals surface area (Å²) in [7, 11) is 0. The van der Waals surface area contributed by atoms with E-state index in [1.165, 1.54) is 23.1 Å². The van der Waals surface area contributed by atoms with Crippen molar-refractivity contribution in [3.63, 3.8) is 0 Å². The van der Waals surface area contributed by atoms with Gasteiger partial charge in [-0.2, -0.15) is 0 Å². The third kappa shape index (κ3) is 3.37. The predicted octanol–water partition coefficient (Wildman–Crippen LogP) is 3.30. The number of cyclic esters (lactones) is 1. The largest absolute Gasteiger partial charge is 0.443 e. The number of amides is 1. The van der Waals surface area contributed by atoms with Gasteiger partial charge >= 0.3 is 6.09 Å². The number of ether oxygens (including phenoxy) is 1. The molecule has 1 amide bonds. The van der Waals surface area contributed by atoms with Crippen molar-refractivity contribution in [2.24, 2.45) is 0 Å². The van der Waals surface area contributed by atoms with Gasteiger partial charge in [-0.1, -0.05) is 6.07 Å². The molecular weight excluding hydrogens is 404 g/mol. The summed E-state index contributed by atoms with van der Waals surface area (Å²) < 4.78 is 35.4. The highest BCUT2D eigenvalue weighted by atomic mass is 19.1. The number of carbonyl (C=O) groups excluding carboxylic acids is 1. The topological polar surface area (TPSA) is 63.6 Å². The standard InChI is InChI=1S/C23H21F2N3O3/c1-13-2-5-16(8-19(13)25)27-12-17(31-23(27)30)10-26-9-15-11-28-20(29)7-4-14-3-6-18(24)21(15)22(14)28/h2-8,15,17,26H,9-12H2,1H3/t15?,17-/m1/s1. The molecule has 2 atom stereocenters. The number of anilines is 1. The lowest BCUT2D eigenvalue weighted by Gasteiger charge is -2.15. The number of carbonyl (C=O) groups is 1. The Bertz CT molecular complexity index is 1260. The van der Waals surface area contributed by atoms with Crippen molar-refractivity contribution in [3.05, 3.63) is 75.6 Å². The van der Waals surface area contributed by atoms with Crippen LogP contribution in [0.3, 0.4) is 0 Å². The first-order valence-corrected chi connectivity index (χ1v) is 10.2. The van der Waals surface area contributed by atoms with Crippen LogP contribution in [0.1, 0.15) is 17.0 Å². The molecule has 0 aliphatic carbocycles. The van der Waals surface area contributed by atoms with E-state index in [1.54, 1.807) is 35.8 Å². The van der Waals surface area contributed by atoms with E-state index in [4.69, 9.17) is 4.74 Å². The molecule has 0 spiro atoms. The fourth-order valence-corrected chi connectivity index (χ4v) is 4.45. The van der Waals surface area contributed by atoms with Gasteiger partial charge in [-0.15, -0.1) is 0 Å². The van der Waals surface area contributed by atoms with Crippen LogP contribution in [0.4, 0.5) is 19.3 Å². The molecule has 1 fully saturated rings. The van der Waals surface area contributed by atoms with Crippen LogP contribution in [0.15, 0.2) is 47.3 Å². The highest BCUT2D eigenvalue weighted by molar-refractivity contribution is 5.89. The smallest absolute Gasteiger partial charge is 0.414 e. The second-order valence-corrected chi connectivity index (χ2v) is 8.09. The minimum atomic E-state index is -0.523. The second kappa shape index (κ2) is 7.46. The minimum absolute atomic E-state index is 0.146. The van der Waals surface area contributed by atoms with Gasteiger partial charge in [0, 0.05) is 37.2 Å². The van der Waals surface area contributed by atoms with Gasteiger partial charge in [0.15, 0.2) is 0 Å². The summed E-state index contributed by atoms with van der Waals surface area (Å²) in [5, 5.41) is 4.08. The Balaban J connectivity index is 1.25. The summed E-state index contributed by atoms with van der Waals surface area (Å²) in [6, 6.07) is 11.0. The maximum atomic E-state index is 14.6. The van der Waals surface area contributed by atoms with E-state index in [-0.39, 0.29) is 23.1 Å². The maximum Gasteiger partial charge on any atom is 0.414 e. The first-order valence-electron chi connectivity index (χ1n) is 10.2. The Morgan fingerprint density at radius 1 is 1.03 bits per heavy atom. The predicted molar refractivity (Wildman–Crippen MR) is 113 cm³/mol. The van der Waals surface area contributed by atoms with Crippen LogP contribution in [0.25, 0.3) is 10.9 Å². The van der Waals surface area contributed by atoms with E-state index < -0.39 is 12.2 Å². The number of aryl methyl sites for hydroxylation is 1. The van der Waals surface area contributed by atoms with E-state index in [0.29, 0.717) is 48.5 Å². The van der Waals surface area contributed by atoms with Gasteiger partial charge in [-0.3, -0.25) is 9.69 Å². The lowest BCUT2D eigenvalue weighted by Crippen LogP contribution is -2.33. The second-order valence-electron chi connectivity index (χ2n) is 8.09. The Labute approximate surface area is 177 Å². The summed E-state index contributed by atoms with van der Waals surface area (Å²) in [5.41, 5.74) is 2.01. The zero-order valence-corrected chi connectivity index (χ0v) is 16.9. The number of hydrogen-bond donors (Lipinski definition) is 1. The Morgan fingerprint density at radius 2 is 1.84 bits per heavy atom. The molecule has 160 valence electrons. The molecule has 1 N–H and O–H groups in total. The molecule has 8 heteroatoms. The molecule has 1 aromatic heterocycles. The van der Waals surface area contributed by atoms with E-state index in [1.807, 2.05) is 0 Å². The Hall–Kier alpha value is -3.26. The van der Waals surface area contributed by atoms with Crippen molar-refractivity contribution in [1.82, 2.24) is 9.88 Å². The molecular formula is C23H21F2N3O3. The van der Waals surface area contributed by atoms with Gasteiger partial charge in [-0.05, 0) is 48.2 Å². The van der Waals surface area contributed by atoms with Gasteiger partial charge in [0.05, 0.1) is 17.7 Å². The first-order chi connectivity index (χ1) is 14.9. The van der Waals surface area contributed by atoms with E-state index >= 15 is 0 Å². The molecule has 1 unspecified atom stereocenters. The average molecular weight is 425 g/mol. The SMILES string of the molecule is Cc1ccc(N2C[C@@H](CNCC3Cn4c(=O)ccc5ccc(F)c3c54)OC2=O)cc1F. The van der Waals surface area contributed by atoms with Crippen molar-refractivity contribution in [2.75, 3.05) is 24.5 Å². The number of benzene rings is 2. The van der Waals surface area contributed by atoms with Crippen molar-refractivity contribution in [2.45, 2.75) is 25.5 Å². The summed E-state index contributed by atoms with van der Waals surface area (Å²) in [6.45, 7) is 3.16. The number of rotatable bonds is 5. The number of halogens is 2. The van der Waals surface area contributed by atoms with Gasteiger partial charge in [0.2, 0.25) is 0 Å². The van der Waals surface area contributed by atoms with Gasteiger partial charge in [-0.25, -0.2) is 13.6 Å². The van der Waals surface area contributed by atoms with E-state index in [9.17, 15) is 18.4 Å². The molecule has 0 bridgehead atoms. The van der Waals surface area contributed by atoms with Gasteiger partial charge in [0.1, 0.15) is 17.7 Å². The first kappa shape index (κ1) is 19.7. The van der Waals surface area contributed by atoms with Crippen LogP contribution in [0.2, 0.25) is 0 Å². The number of nitrogens with one attached hydrogen (secondary N) is 1. The zero-order valence-electron chi connectivity index (χ0n) is 16.9. The molecule has 2 aliphatic rings. The van der Waals surface area contributed by atoms with Crippen molar-refractivity contribution in [3.8, 4) is 0 Å². The molecule has 3 heterocycles. The summed E-state index contributed by atoms with van der Waals surface area (Å²) in [6.07, 6.45) is -0.935. The van der Waals surface area contributed by atoms with E-state index in [2.05, 4.69) is 5.32 Å². The number of pyridine rings is 1. The summed E-state index contributed by atoms with van der Waals surface area (Å²) >= 11 is 0. The quantitative estimate of drug-likeness (QED) is 0.682. The fourth-order valence-electron chi connectivity index (χ4n) is 4.45. The molecule has 5 rings (SSSR count). The van der Waals surface area contributed by atoms with Gasteiger partial charge in [0.25, 0.3) is 5.56 Å². The molecule has 0 radical (unpaired) electrons. The Morgan fingerprint density at radius 3 is 2.65 bits per heavy atom. The van der Waals surface area contributed by atoms with Crippen LogP contribution < -0.4 is 15.8 Å². The lowest BCUT2D eigenvalue weighted by molar-refractivity contribution is 0.140. The highest BCUT2D eigenvalue weighted by Crippen LogP contribution is 2.34. The van der Waals surface area contributed by atoms with Crippen LogP contribution in [0.5, 0.6) is 0 Å². The molecule has 3 aromatic rings. The fraction of sp³-hybridized carbons (Fsp3) is 0.304. The van der Waals surface area contributed by atoms with E-state index in [0.717, 1.165) is 5.39 Å². The molecule has 1 saturated heterocycles. The normalized spacial score (nSPS) is 20.0. The van der Waals surface area contributed by atoms with Gasteiger partial charge < -0.3 is 14.6 Å². The summed E-state index contributed by atoms with van der Waals surface area (Å²) in [5.74, 6) is -0.895. The van der Waals surface area contributed by atoms with Crippen LogP contribution in [-0.2, 0) is 11.3 Å². The van der Waals surface area contributed by atoms with Crippen molar-refractivity contribution in [1.29, 1.82) is 0 Å². The number of aromatic nitrogens is 1. The van der Waals surface area contributed by atoms with Crippen LogP contribution >= 0.6 is 0 Å². The zero-order chi connectivity index (χ0) is 21.7. The van der Waals surface area contributed by atoms with Crippen molar-refractivity contribution < 1.29 is 18.3 Å². The molecule has 31 heavy (non-hydrogen) atoms. The van der Waals surface area contributed by atoms with Crippen LogP contribution in [0, 0.1) is 18.6 Å². The number of nitrogens with zero attached hydrogens (tertiary/aromatic N) is 2. The molecule has 6 nitrogen and oxygen atoms in total. The van der Waals surface area contributed by atoms with Crippen LogP contribution in [-0.4, -0.2) is 36.4 Å². The molecule has 0 saturated carbocycles. The average Bonchev–Trinajstić information content (AvgIpc) is 3.31. The third-order valence-corrected chi connectivity index (χ3v) is 6.05. The Kier molecular flexibility index (Phi) is 4.74.